The highest BCUT2D eigenvalue weighted by molar-refractivity contribution is 7.89. The zero-order valence-corrected chi connectivity index (χ0v) is 12.6. The predicted molar refractivity (Wildman–Crippen MR) is 79.0 cm³/mol. The van der Waals surface area contributed by atoms with Crippen LogP contribution in [-0.2, 0) is 10.0 Å². The first kappa shape index (κ1) is 15.9. The number of rotatable bonds is 8. The first-order valence-electron chi connectivity index (χ1n) is 6.53. The summed E-state index contributed by atoms with van der Waals surface area (Å²) in [4.78, 5) is 2.61. The van der Waals surface area contributed by atoms with E-state index in [2.05, 4.69) is 28.8 Å². The Morgan fingerprint density at radius 3 is 2.16 bits per heavy atom. The maximum Gasteiger partial charge on any atom is 0.240 e. The summed E-state index contributed by atoms with van der Waals surface area (Å²) in [7, 11) is -1.93. The van der Waals surface area contributed by atoms with E-state index >= 15 is 0 Å². The Bertz CT molecular complexity index is 467. The Morgan fingerprint density at radius 2 is 1.68 bits per heavy atom. The molecule has 108 valence electrons. The van der Waals surface area contributed by atoms with Crippen LogP contribution < -0.4 is 10.0 Å². The van der Waals surface area contributed by atoms with Gasteiger partial charge in [-0.3, -0.25) is 0 Å². The average molecular weight is 285 g/mol. The second-order valence-corrected chi connectivity index (χ2v) is 6.07. The van der Waals surface area contributed by atoms with Gasteiger partial charge in [-0.2, -0.15) is 0 Å². The van der Waals surface area contributed by atoms with Crippen molar-refractivity contribution in [3.8, 4) is 0 Å². The summed E-state index contributed by atoms with van der Waals surface area (Å²) in [6.45, 7) is 8.18. The molecule has 0 fully saturated rings. The molecule has 0 amide bonds. The van der Waals surface area contributed by atoms with E-state index < -0.39 is 10.0 Å². The Balaban J connectivity index is 2.54. The highest BCUT2D eigenvalue weighted by Crippen LogP contribution is 2.13. The number of hydrogen-bond donors (Lipinski definition) is 2. The van der Waals surface area contributed by atoms with E-state index in [1.54, 1.807) is 24.3 Å². The number of nitrogens with one attached hydrogen (secondary N) is 2. The molecule has 1 rings (SSSR count). The van der Waals surface area contributed by atoms with Gasteiger partial charge >= 0.3 is 0 Å². The van der Waals surface area contributed by atoms with Gasteiger partial charge in [0.1, 0.15) is 0 Å². The summed E-state index contributed by atoms with van der Waals surface area (Å²) >= 11 is 0. The molecule has 0 aliphatic rings. The quantitative estimate of drug-likeness (QED) is 0.757. The van der Waals surface area contributed by atoms with Crippen molar-refractivity contribution in [3.63, 3.8) is 0 Å². The Morgan fingerprint density at radius 1 is 1.11 bits per heavy atom. The van der Waals surface area contributed by atoms with Crippen molar-refractivity contribution in [2.24, 2.45) is 0 Å². The second-order valence-electron chi connectivity index (χ2n) is 4.19. The Hall–Kier alpha value is -1.11. The number of hydrogen-bond acceptors (Lipinski definition) is 4. The van der Waals surface area contributed by atoms with Crippen molar-refractivity contribution in [2.75, 3.05) is 38.5 Å². The molecule has 19 heavy (non-hydrogen) atoms. The highest BCUT2D eigenvalue weighted by Gasteiger charge is 2.10. The lowest BCUT2D eigenvalue weighted by Gasteiger charge is -2.18. The van der Waals surface area contributed by atoms with Gasteiger partial charge in [0.25, 0.3) is 0 Å². The van der Waals surface area contributed by atoms with Crippen LogP contribution in [0.4, 0.5) is 5.69 Å². The zero-order valence-electron chi connectivity index (χ0n) is 11.8. The van der Waals surface area contributed by atoms with Crippen molar-refractivity contribution >= 4 is 15.7 Å². The molecular weight excluding hydrogens is 262 g/mol. The third-order valence-electron chi connectivity index (χ3n) is 3.08. The summed E-state index contributed by atoms with van der Waals surface area (Å²) in [6, 6.07) is 6.77. The topological polar surface area (TPSA) is 61.4 Å². The molecule has 0 saturated heterocycles. The van der Waals surface area contributed by atoms with E-state index in [1.165, 1.54) is 7.05 Å². The minimum Gasteiger partial charge on any atom is -0.384 e. The second kappa shape index (κ2) is 7.47. The van der Waals surface area contributed by atoms with Crippen molar-refractivity contribution in [1.29, 1.82) is 0 Å². The molecule has 6 heteroatoms. The minimum atomic E-state index is -3.34. The third kappa shape index (κ3) is 4.81. The first-order chi connectivity index (χ1) is 9.03. The largest absolute Gasteiger partial charge is 0.384 e. The molecule has 0 radical (unpaired) electrons. The molecule has 0 aliphatic carbocycles. The van der Waals surface area contributed by atoms with E-state index in [4.69, 9.17) is 0 Å². The average Bonchev–Trinajstić information content (AvgIpc) is 2.44. The molecule has 0 heterocycles. The molecule has 0 spiro atoms. The van der Waals surface area contributed by atoms with Gasteiger partial charge in [0.05, 0.1) is 4.90 Å². The predicted octanol–water partition coefficient (Wildman–Crippen LogP) is 1.35. The number of likely N-dealkylation sites (N-methyl/N-ethyl adjacent to an activating group) is 1. The van der Waals surface area contributed by atoms with Crippen LogP contribution in [-0.4, -0.2) is 46.5 Å². The molecule has 1 aromatic carbocycles. The summed E-state index contributed by atoms with van der Waals surface area (Å²) in [5.41, 5.74) is 0.933. The molecule has 0 unspecified atom stereocenters. The molecule has 0 atom stereocenters. The smallest absolute Gasteiger partial charge is 0.240 e. The van der Waals surface area contributed by atoms with Crippen molar-refractivity contribution in [3.05, 3.63) is 24.3 Å². The van der Waals surface area contributed by atoms with Gasteiger partial charge in [-0.05, 0) is 44.4 Å². The lowest BCUT2D eigenvalue weighted by molar-refractivity contribution is 0.316. The van der Waals surface area contributed by atoms with Crippen LogP contribution in [0.1, 0.15) is 13.8 Å². The normalized spacial score (nSPS) is 11.8. The Labute approximate surface area is 116 Å². The lowest BCUT2D eigenvalue weighted by Crippen LogP contribution is -2.28. The van der Waals surface area contributed by atoms with E-state index in [0.717, 1.165) is 31.9 Å². The lowest BCUT2D eigenvalue weighted by atomic mass is 10.3. The maximum absolute atomic E-state index is 11.6. The van der Waals surface area contributed by atoms with Crippen LogP contribution in [0.3, 0.4) is 0 Å². The van der Waals surface area contributed by atoms with Gasteiger partial charge in [0.2, 0.25) is 10.0 Å². The van der Waals surface area contributed by atoms with E-state index in [-0.39, 0.29) is 4.90 Å². The van der Waals surface area contributed by atoms with Crippen LogP contribution in [0.5, 0.6) is 0 Å². The third-order valence-corrected chi connectivity index (χ3v) is 4.52. The standard InChI is InChI=1S/C13H23N3O2S/c1-4-16(5-2)11-10-15-12-6-8-13(9-7-12)19(17,18)14-3/h6-9,14-15H,4-5,10-11H2,1-3H3. The monoisotopic (exact) mass is 285 g/mol. The summed E-state index contributed by atoms with van der Waals surface area (Å²) < 4.78 is 25.4. The summed E-state index contributed by atoms with van der Waals surface area (Å²) in [5, 5.41) is 3.28. The van der Waals surface area contributed by atoms with Crippen LogP contribution >= 0.6 is 0 Å². The van der Waals surface area contributed by atoms with Crippen LogP contribution in [0, 0.1) is 0 Å². The number of sulfonamides is 1. The molecular formula is C13H23N3O2S. The summed E-state index contributed by atoms with van der Waals surface area (Å²) in [5.74, 6) is 0. The van der Waals surface area contributed by atoms with E-state index in [1.807, 2.05) is 0 Å². The molecule has 0 bridgehead atoms. The van der Waals surface area contributed by atoms with E-state index in [0.29, 0.717) is 0 Å². The molecule has 0 saturated carbocycles. The SMILES string of the molecule is CCN(CC)CCNc1ccc(S(=O)(=O)NC)cc1. The Kier molecular flexibility index (Phi) is 6.27. The summed E-state index contributed by atoms with van der Waals surface area (Å²) in [6.07, 6.45) is 0. The fourth-order valence-corrected chi connectivity index (χ4v) is 2.50. The molecule has 0 aliphatic heterocycles. The highest BCUT2D eigenvalue weighted by atomic mass is 32.2. The van der Waals surface area contributed by atoms with E-state index in [9.17, 15) is 8.42 Å². The van der Waals surface area contributed by atoms with Crippen LogP contribution in [0.2, 0.25) is 0 Å². The molecule has 2 N–H and O–H groups in total. The molecule has 5 nitrogen and oxygen atoms in total. The minimum absolute atomic E-state index is 0.282. The van der Waals surface area contributed by atoms with Gasteiger partial charge in [-0.15, -0.1) is 0 Å². The molecule has 0 aromatic heterocycles. The fourth-order valence-electron chi connectivity index (χ4n) is 1.77. The van der Waals surface area contributed by atoms with Crippen molar-refractivity contribution in [1.82, 2.24) is 9.62 Å². The molecule has 1 aromatic rings. The fraction of sp³-hybridized carbons (Fsp3) is 0.538. The van der Waals surface area contributed by atoms with Gasteiger partial charge in [0.15, 0.2) is 0 Å². The van der Waals surface area contributed by atoms with Gasteiger partial charge in [-0.1, -0.05) is 13.8 Å². The van der Waals surface area contributed by atoms with Crippen LogP contribution in [0.25, 0.3) is 0 Å². The number of nitrogens with zero attached hydrogens (tertiary/aromatic N) is 1. The van der Waals surface area contributed by atoms with Gasteiger partial charge < -0.3 is 10.2 Å². The van der Waals surface area contributed by atoms with Gasteiger partial charge in [-0.25, -0.2) is 13.1 Å². The van der Waals surface area contributed by atoms with Crippen molar-refractivity contribution in [2.45, 2.75) is 18.7 Å². The zero-order chi connectivity index (χ0) is 14.3. The van der Waals surface area contributed by atoms with Crippen molar-refractivity contribution < 1.29 is 8.42 Å². The first-order valence-corrected chi connectivity index (χ1v) is 8.01. The maximum atomic E-state index is 11.6. The number of anilines is 1. The number of benzene rings is 1. The van der Waals surface area contributed by atoms with Crippen LogP contribution in [0.15, 0.2) is 29.2 Å². The van der Waals surface area contributed by atoms with Gasteiger partial charge in [0, 0.05) is 18.8 Å².